The molecule has 1 N–H and O–H groups in total. The molecule has 2 aromatic heterocycles. The van der Waals surface area contributed by atoms with Crippen molar-refractivity contribution in [1.82, 2.24) is 24.6 Å². The monoisotopic (exact) mass is 581 g/mol. The predicted molar refractivity (Wildman–Crippen MR) is 142 cm³/mol. The summed E-state index contributed by atoms with van der Waals surface area (Å²) in [6.07, 6.45) is 6.67. The summed E-state index contributed by atoms with van der Waals surface area (Å²) in [4.78, 5) is 37.1. The standard InChI is InChI=1S/C28H22Cl2FN5O4/c1-35-13-17(10-34-35)25(37)16-8-21-24(22(31)9-16)28(40-15-27(39)6-7-27,18-2-4-19(29)5-3-18)36(26(21)38)14-23-32-11-20(30)12-33-23/h2-5,8-13,39H,6-7,14-15H2,1H3. The molecular formula is C28H22Cl2FN5O4. The van der Waals surface area contributed by atoms with Crippen molar-refractivity contribution in [2.24, 2.45) is 7.05 Å². The van der Waals surface area contributed by atoms with E-state index >= 15 is 4.39 Å². The second-order valence-electron chi connectivity index (χ2n) is 9.99. The van der Waals surface area contributed by atoms with Gasteiger partial charge in [0.2, 0.25) is 0 Å². The van der Waals surface area contributed by atoms with Crippen molar-refractivity contribution in [2.45, 2.75) is 30.7 Å². The molecule has 2 aliphatic rings. The Labute approximate surface area is 238 Å². The molecular weight excluding hydrogens is 560 g/mol. The maximum absolute atomic E-state index is 16.3. The van der Waals surface area contributed by atoms with Crippen molar-refractivity contribution in [2.75, 3.05) is 6.61 Å². The smallest absolute Gasteiger partial charge is 0.257 e. The number of amides is 1. The van der Waals surface area contributed by atoms with Gasteiger partial charge in [0.1, 0.15) is 11.6 Å². The average molecular weight is 582 g/mol. The molecule has 0 spiro atoms. The van der Waals surface area contributed by atoms with Crippen molar-refractivity contribution >= 4 is 34.9 Å². The topological polar surface area (TPSA) is 110 Å². The van der Waals surface area contributed by atoms with Gasteiger partial charge in [-0.05, 0) is 37.1 Å². The summed E-state index contributed by atoms with van der Waals surface area (Å²) in [5.41, 5.74) is -2.44. The number of fused-ring (bicyclic) bond motifs is 1. The van der Waals surface area contributed by atoms with Crippen molar-refractivity contribution in [3.05, 3.63) is 111 Å². The van der Waals surface area contributed by atoms with Gasteiger partial charge in [-0.1, -0.05) is 35.3 Å². The Balaban J connectivity index is 1.55. The van der Waals surface area contributed by atoms with Crippen LogP contribution in [0, 0.1) is 5.82 Å². The quantitative estimate of drug-likeness (QED) is 0.309. The highest BCUT2D eigenvalue weighted by Gasteiger charge is 2.56. The number of halogens is 3. The molecule has 0 bridgehead atoms. The van der Waals surface area contributed by atoms with Gasteiger partial charge in [0, 0.05) is 41.8 Å². The van der Waals surface area contributed by atoms with E-state index in [1.54, 1.807) is 31.3 Å². The molecule has 9 nitrogen and oxygen atoms in total. The molecule has 204 valence electrons. The molecule has 4 aromatic rings. The van der Waals surface area contributed by atoms with Gasteiger partial charge in [0.05, 0.1) is 46.7 Å². The lowest BCUT2D eigenvalue weighted by molar-refractivity contribution is -0.139. The van der Waals surface area contributed by atoms with E-state index in [0.29, 0.717) is 28.5 Å². The number of rotatable bonds is 8. The molecule has 0 saturated heterocycles. The van der Waals surface area contributed by atoms with Crippen molar-refractivity contribution in [3.63, 3.8) is 0 Å². The van der Waals surface area contributed by atoms with Gasteiger partial charge in [-0.25, -0.2) is 14.4 Å². The maximum atomic E-state index is 16.3. The Morgan fingerprint density at radius 1 is 1.07 bits per heavy atom. The lowest BCUT2D eigenvalue weighted by Gasteiger charge is -2.39. The molecule has 6 rings (SSSR count). The normalized spacial score (nSPS) is 19.1. The van der Waals surface area contributed by atoms with Crippen molar-refractivity contribution in [1.29, 1.82) is 0 Å². The molecule has 1 aliphatic heterocycles. The number of aryl methyl sites for hydroxylation is 1. The van der Waals surface area contributed by atoms with Crippen molar-refractivity contribution in [3.8, 4) is 0 Å². The third-order valence-corrected chi connectivity index (χ3v) is 7.55. The minimum absolute atomic E-state index is 0.0204. The third kappa shape index (κ3) is 4.56. The number of ketones is 1. The first-order valence-electron chi connectivity index (χ1n) is 12.4. The van der Waals surface area contributed by atoms with Crippen LogP contribution in [0.4, 0.5) is 4.39 Å². The van der Waals surface area contributed by atoms with Crippen LogP contribution in [0.5, 0.6) is 0 Å². The molecule has 1 unspecified atom stereocenters. The van der Waals surface area contributed by atoms with E-state index in [1.165, 1.54) is 40.4 Å². The SMILES string of the molecule is Cn1cc(C(=O)c2cc(F)c3c(c2)C(=O)N(Cc2ncc(Cl)cn2)C3(OCC2(O)CC2)c2ccc(Cl)cc2)cn1. The minimum atomic E-state index is -1.82. The van der Waals surface area contributed by atoms with E-state index in [0.717, 1.165) is 6.07 Å². The molecule has 2 aromatic carbocycles. The van der Waals surface area contributed by atoms with E-state index in [-0.39, 0.29) is 41.2 Å². The summed E-state index contributed by atoms with van der Waals surface area (Å²) in [6, 6.07) is 8.91. The lowest BCUT2D eigenvalue weighted by Crippen LogP contribution is -2.48. The van der Waals surface area contributed by atoms with Crippen LogP contribution in [-0.4, -0.2) is 53.7 Å². The van der Waals surface area contributed by atoms with E-state index in [1.807, 2.05) is 0 Å². The fraction of sp³-hybridized carbons (Fsp3) is 0.250. The van der Waals surface area contributed by atoms with Crippen LogP contribution in [0.25, 0.3) is 0 Å². The van der Waals surface area contributed by atoms with Gasteiger partial charge in [0.25, 0.3) is 5.91 Å². The first kappa shape index (κ1) is 26.5. The highest BCUT2D eigenvalue weighted by molar-refractivity contribution is 6.30. The second-order valence-corrected chi connectivity index (χ2v) is 10.9. The van der Waals surface area contributed by atoms with Crippen LogP contribution in [-0.2, 0) is 24.1 Å². The summed E-state index contributed by atoms with van der Waals surface area (Å²) in [5.74, 6) is -1.70. The minimum Gasteiger partial charge on any atom is -0.387 e. The summed E-state index contributed by atoms with van der Waals surface area (Å²) >= 11 is 12.1. The predicted octanol–water partition coefficient (Wildman–Crippen LogP) is 4.29. The molecule has 1 fully saturated rings. The van der Waals surface area contributed by atoms with Crippen molar-refractivity contribution < 1.29 is 23.8 Å². The number of ether oxygens (including phenoxy) is 1. The van der Waals surface area contributed by atoms with Crippen LogP contribution in [0.1, 0.15) is 56.1 Å². The Morgan fingerprint density at radius 2 is 1.77 bits per heavy atom. The number of hydrogen-bond acceptors (Lipinski definition) is 7. The van der Waals surface area contributed by atoms with Gasteiger partial charge < -0.3 is 9.84 Å². The summed E-state index contributed by atoms with van der Waals surface area (Å²) in [5, 5.41) is 15.4. The van der Waals surface area contributed by atoms with E-state index in [4.69, 9.17) is 27.9 Å². The number of aliphatic hydroxyl groups is 1. The van der Waals surface area contributed by atoms with Crippen LogP contribution < -0.4 is 0 Å². The van der Waals surface area contributed by atoms with Gasteiger partial charge in [-0.3, -0.25) is 19.2 Å². The van der Waals surface area contributed by atoms with Crippen LogP contribution in [0.2, 0.25) is 10.0 Å². The van der Waals surface area contributed by atoms with E-state index in [9.17, 15) is 14.7 Å². The van der Waals surface area contributed by atoms with Crippen LogP contribution >= 0.6 is 23.2 Å². The molecule has 1 aliphatic carbocycles. The second kappa shape index (κ2) is 9.74. The fourth-order valence-corrected chi connectivity index (χ4v) is 5.08. The summed E-state index contributed by atoms with van der Waals surface area (Å²) in [7, 11) is 1.66. The molecule has 0 radical (unpaired) electrons. The van der Waals surface area contributed by atoms with Gasteiger partial charge in [-0.2, -0.15) is 5.10 Å². The summed E-state index contributed by atoms with van der Waals surface area (Å²) in [6.45, 7) is -0.354. The number of aromatic nitrogens is 4. The Bertz CT molecular complexity index is 1640. The highest BCUT2D eigenvalue weighted by Crippen LogP contribution is 2.49. The summed E-state index contributed by atoms with van der Waals surface area (Å²) < 4.78 is 24.2. The zero-order valence-corrected chi connectivity index (χ0v) is 22.7. The third-order valence-electron chi connectivity index (χ3n) is 7.10. The molecule has 12 heteroatoms. The first-order chi connectivity index (χ1) is 19.1. The molecule has 3 heterocycles. The average Bonchev–Trinajstić information content (AvgIpc) is 3.43. The molecule has 1 saturated carbocycles. The number of hydrogen-bond donors (Lipinski definition) is 1. The zero-order chi connectivity index (χ0) is 28.2. The number of nitrogens with zero attached hydrogens (tertiary/aromatic N) is 5. The number of benzene rings is 2. The highest BCUT2D eigenvalue weighted by atomic mass is 35.5. The first-order valence-corrected chi connectivity index (χ1v) is 13.1. The van der Waals surface area contributed by atoms with Gasteiger partial charge >= 0.3 is 0 Å². The molecule has 1 atom stereocenters. The zero-order valence-electron chi connectivity index (χ0n) is 21.1. The van der Waals surface area contributed by atoms with Gasteiger partial charge in [0.15, 0.2) is 11.5 Å². The maximum Gasteiger partial charge on any atom is 0.257 e. The van der Waals surface area contributed by atoms with E-state index in [2.05, 4.69) is 15.1 Å². The molecule has 1 amide bonds. The Morgan fingerprint density at radius 3 is 2.40 bits per heavy atom. The van der Waals surface area contributed by atoms with E-state index < -0.39 is 28.8 Å². The Hall–Kier alpha value is -3.70. The number of carbonyl (C=O) groups excluding carboxylic acids is 2. The molecule has 40 heavy (non-hydrogen) atoms. The Kier molecular flexibility index (Phi) is 6.46. The lowest BCUT2D eigenvalue weighted by atomic mass is 9.90. The van der Waals surface area contributed by atoms with Gasteiger partial charge in [-0.15, -0.1) is 0 Å². The fourth-order valence-electron chi connectivity index (χ4n) is 4.86. The number of carbonyl (C=O) groups is 2. The van der Waals surface area contributed by atoms with Crippen LogP contribution in [0.3, 0.4) is 0 Å². The van der Waals surface area contributed by atoms with Crippen LogP contribution in [0.15, 0.2) is 61.2 Å². The largest absolute Gasteiger partial charge is 0.387 e.